The van der Waals surface area contributed by atoms with E-state index in [4.69, 9.17) is 4.74 Å². The third-order valence-corrected chi connectivity index (χ3v) is 8.63. The molecule has 0 radical (unpaired) electrons. The normalized spacial score (nSPS) is 30.5. The molecule has 4 nitrogen and oxygen atoms in total. The summed E-state index contributed by atoms with van der Waals surface area (Å²) in [7, 11) is 1.73. The Morgan fingerprint density at radius 1 is 1.06 bits per heavy atom. The van der Waals surface area contributed by atoms with Crippen molar-refractivity contribution in [2.75, 3.05) is 33.3 Å². The lowest BCUT2D eigenvalue weighted by atomic mass is 9.54. The number of hydrogen-bond donors (Lipinski definition) is 1. The minimum atomic E-state index is 0.244. The van der Waals surface area contributed by atoms with Gasteiger partial charge in [0.1, 0.15) is 11.5 Å². The van der Waals surface area contributed by atoms with Gasteiger partial charge in [-0.1, -0.05) is 18.2 Å². The number of nitrogens with zero attached hydrogens (tertiary/aromatic N) is 2. The van der Waals surface area contributed by atoms with Crippen molar-refractivity contribution in [3.8, 4) is 11.5 Å². The van der Waals surface area contributed by atoms with Crippen LogP contribution in [0, 0.1) is 11.8 Å². The third-order valence-electron chi connectivity index (χ3n) is 8.63. The van der Waals surface area contributed by atoms with Gasteiger partial charge in [0.15, 0.2) is 0 Å². The van der Waals surface area contributed by atoms with Crippen LogP contribution in [-0.4, -0.2) is 54.2 Å². The van der Waals surface area contributed by atoms with Crippen LogP contribution >= 0.6 is 0 Å². The highest BCUT2D eigenvalue weighted by Gasteiger charge is 2.55. The molecule has 2 aromatic carbocycles. The molecular formula is C27H34N2O2. The maximum absolute atomic E-state index is 10.3. The van der Waals surface area contributed by atoms with Crippen LogP contribution in [0.1, 0.15) is 42.4 Å². The van der Waals surface area contributed by atoms with Crippen LogP contribution in [-0.2, 0) is 18.4 Å². The van der Waals surface area contributed by atoms with Gasteiger partial charge < -0.3 is 9.84 Å². The maximum Gasteiger partial charge on any atom is 0.118 e. The van der Waals surface area contributed by atoms with E-state index < -0.39 is 0 Å². The van der Waals surface area contributed by atoms with E-state index in [1.807, 2.05) is 6.07 Å². The second kappa shape index (κ2) is 7.53. The molecule has 0 spiro atoms. The number of benzene rings is 2. The summed E-state index contributed by atoms with van der Waals surface area (Å²) in [6.07, 6.45) is 6.44. The molecule has 2 aliphatic carbocycles. The first-order valence-corrected chi connectivity index (χ1v) is 12.1. The highest BCUT2D eigenvalue weighted by molar-refractivity contribution is 5.45. The summed E-state index contributed by atoms with van der Waals surface area (Å²) in [6.45, 7) is 5.83. The van der Waals surface area contributed by atoms with Gasteiger partial charge in [0.25, 0.3) is 0 Å². The number of aromatic hydroxyl groups is 1. The summed E-state index contributed by atoms with van der Waals surface area (Å²) < 4.78 is 5.33. The third kappa shape index (κ3) is 3.44. The van der Waals surface area contributed by atoms with Gasteiger partial charge in [-0.15, -0.1) is 0 Å². The van der Waals surface area contributed by atoms with Gasteiger partial charge in [-0.2, -0.15) is 0 Å². The van der Waals surface area contributed by atoms with Crippen LogP contribution in [0.5, 0.6) is 11.5 Å². The van der Waals surface area contributed by atoms with Crippen LogP contribution in [0.2, 0.25) is 0 Å². The van der Waals surface area contributed by atoms with Gasteiger partial charge in [-0.25, -0.2) is 0 Å². The summed E-state index contributed by atoms with van der Waals surface area (Å²) in [4.78, 5) is 5.51. The Morgan fingerprint density at radius 2 is 1.87 bits per heavy atom. The fourth-order valence-corrected chi connectivity index (χ4v) is 6.81. The molecule has 2 bridgehead atoms. The molecule has 1 saturated carbocycles. The lowest BCUT2D eigenvalue weighted by Crippen LogP contribution is -2.65. The SMILES string of the molecule is COc1ccc(CN2CC[C@]34CCN(CC5CC5)[C@H](Cc5ccc(O)cc53)[C@@H]4C2)cc1. The van der Waals surface area contributed by atoms with Crippen LogP contribution in [0.25, 0.3) is 0 Å². The predicted octanol–water partition coefficient (Wildman–Crippen LogP) is 4.20. The first-order valence-electron chi connectivity index (χ1n) is 12.1. The first-order chi connectivity index (χ1) is 15.1. The van der Waals surface area contributed by atoms with Crippen molar-refractivity contribution in [1.82, 2.24) is 9.80 Å². The standard InChI is InChI=1S/C27H34N2O2/c1-31-23-8-4-19(5-9-23)16-28-12-10-27-11-13-29(17-20-2-3-20)26(25(27)18-28)14-21-6-7-22(30)15-24(21)27/h4-9,15,20,25-26,30H,2-3,10-14,16-18H2,1H3/t25-,26+,27-/m0/s1. The molecule has 31 heavy (non-hydrogen) atoms. The highest BCUT2D eigenvalue weighted by atomic mass is 16.5. The van der Waals surface area contributed by atoms with Crippen LogP contribution in [0.3, 0.4) is 0 Å². The fraction of sp³-hybridized carbons (Fsp3) is 0.556. The van der Waals surface area contributed by atoms with Crippen molar-refractivity contribution in [3.05, 3.63) is 59.2 Å². The Hall–Kier alpha value is -2.04. The molecule has 2 aliphatic heterocycles. The van der Waals surface area contributed by atoms with E-state index in [1.165, 1.54) is 55.5 Å². The van der Waals surface area contributed by atoms with Crippen molar-refractivity contribution in [2.24, 2.45) is 11.8 Å². The molecule has 4 aliphatic rings. The van der Waals surface area contributed by atoms with Gasteiger partial charge in [-0.05, 0) is 98.0 Å². The zero-order valence-corrected chi connectivity index (χ0v) is 18.6. The van der Waals surface area contributed by atoms with Gasteiger partial charge in [0.05, 0.1) is 7.11 Å². The van der Waals surface area contributed by atoms with E-state index in [2.05, 4.69) is 46.2 Å². The second-order valence-electron chi connectivity index (χ2n) is 10.4. The molecule has 6 rings (SSSR count). The number of likely N-dealkylation sites (tertiary alicyclic amines) is 2. The average Bonchev–Trinajstić information content (AvgIpc) is 3.61. The molecule has 0 amide bonds. The number of hydrogen-bond acceptors (Lipinski definition) is 4. The number of phenols is 1. The zero-order chi connectivity index (χ0) is 21.0. The molecule has 3 atom stereocenters. The minimum Gasteiger partial charge on any atom is -0.508 e. The van der Waals surface area contributed by atoms with E-state index in [0.29, 0.717) is 17.7 Å². The molecule has 0 unspecified atom stereocenters. The van der Waals surface area contributed by atoms with E-state index >= 15 is 0 Å². The summed E-state index contributed by atoms with van der Waals surface area (Å²) >= 11 is 0. The molecule has 2 heterocycles. The van der Waals surface area contributed by atoms with Gasteiger partial charge in [0, 0.05) is 31.1 Å². The zero-order valence-electron chi connectivity index (χ0n) is 18.6. The molecule has 2 saturated heterocycles. The van der Waals surface area contributed by atoms with Crippen molar-refractivity contribution in [2.45, 2.75) is 50.1 Å². The maximum atomic E-state index is 10.3. The monoisotopic (exact) mass is 418 g/mol. The van der Waals surface area contributed by atoms with Crippen molar-refractivity contribution >= 4 is 0 Å². The fourth-order valence-electron chi connectivity index (χ4n) is 6.81. The van der Waals surface area contributed by atoms with Crippen molar-refractivity contribution in [1.29, 1.82) is 0 Å². The topological polar surface area (TPSA) is 35.9 Å². The quantitative estimate of drug-likeness (QED) is 0.789. The predicted molar refractivity (Wildman–Crippen MR) is 123 cm³/mol. The number of methoxy groups -OCH3 is 1. The molecule has 4 heteroatoms. The van der Waals surface area contributed by atoms with E-state index in [9.17, 15) is 5.11 Å². The Bertz CT molecular complexity index is 954. The first kappa shape index (κ1) is 19.6. The van der Waals surface area contributed by atoms with Crippen LogP contribution in [0.15, 0.2) is 42.5 Å². The molecule has 1 N–H and O–H groups in total. The van der Waals surface area contributed by atoms with Gasteiger partial charge >= 0.3 is 0 Å². The van der Waals surface area contributed by atoms with Gasteiger partial charge in [0.2, 0.25) is 0 Å². The molecule has 2 aromatic rings. The number of fused-ring (bicyclic) bond motifs is 1. The number of phenolic OH excluding ortho intramolecular Hbond substituents is 1. The van der Waals surface area contributed by atoms with Crippen molar-refractivity contribution in [3.63, 3.8) is 0 Å². The molecular weight excluding hydrogens is 384 g/mol. The number of piperidine rings is 2. The summed E-state index contributed by atoms with van der Waals surface area (Å²) in [6, 6.07) is 15.4. The lowest BCUT2D eigenvalue weighted by Gasteiger charge is -2.60. The Kier molecular flexibility index (Phi) is 4.77. The minimum absolute atomic E-state index is 0.244. The van der Waals surface area contributed by atoms with Crippen LogP contribution in [0.4, 0.5) is 0 Å². The highest BCUT2D eigenvalue weighted by Crippen LogP contribution is 2.54. The summed E-state index contributed by atoms with van der Waals surface area (Å²) in [5, 5.41) is 10.3. The van der Waals surface area contributed by atoms with E-state index in [1.54, 1.807) is 7.11 Å². The largest absolute Gasteiger partial charge is 0.508 e. The Morgan fingerprint density at radius 3 is 2.65 bits per heavy atom. The molecule has 0 aromatic heterocycles. The molecule has 3 fully saturated rings. The lowest BCUT2D eigenvalue weighted by molar-refractivity contribution is -0.0415. The van der Waals surface area contributed by atoms with E-state index in [-0.39, 0.29) is 5.41 Å². The number of rotatable bonds is 5. The van der Waals surface area contributed by atoms with Crippen molar-refractivity contribution < 1.29 is 9.84 Å². The van der Waals surface area contributed by atoms with Gasteiger partial charge in [-0.3, -0.25) is 9.80 Å². The Labute approximate surface area is 185 Å². The second-order valence-corrected chi connectivity index (χ2v) is 10.4. The Balaban J connectivity index is 1.29. The number of ether oxygens (including phenoxy) is 1. The average molecular weight is 419 g/mol. The summed E-state index contributed by atoms with van der Waals surface area (Å²) in [5.74, 6) is 2.95. The molecule has 164 valence electrons. The smallest absolute Gasteiger partial charge is 0.118 e. The van der Waals surface area contributed by atoms with E-state index in [0.717, 1.165) is 37.7 Å². The summed E-state index contributed by atoms with van der Waals surface area (Å²) in [5.41, 5.74) is 4.56. The van der Waals surface area contributed by atoms with Crippen LogP contribution < -0.4 is 4.74 Å².